The minimum Gasteiger partial charge on any atom is -0.467 e. The lowest BCUT2D eigenvalue weighted by molar-refractivity contribution is -0.146. The van der Waals surface area contributed by atoms with Crippen molar-refractivity contribution >= 4 is 23.5 Å². The first-order chi connectivity index (χ1) is 8.40. The Morgan fingerprint density at radius 3 is 2.61 bits per heavy atom. The molecule has 1 aromatic carbocycles. The minimum absolute atomic E-state index is 0.335. The van der Waals surface area contributed by atoms with E-state index in [4.69, 9.17) is 11.6 Å². The molecule has 1 rings (SSSR count). The highest BCUT2D eigenvalue weighted by atomic mass is 35.5. The second-order valence-electron chi connectivity index (χ2n) is 4.40. The van der Waals surface area contributed by atoms with Crippen LogP contribution in [-0.2, 0) is 15.4 Å². The van der Waals surface area contributed by atoms with Crippen molar-refractivity contribution in [3.05, 3.63) is 35.4 Å². The first-order valence-electron chi connectivity index (χ1n) is 5.46. The highest BCUT2D eigenvalue weighted by Crippen LogP contribution is 2.11. The van der Waals surface area contributed by atoms with Gasteiger partial charge in [0.1, 0.15) is 5.54 Å². The van der Waals surface area contributed by atoms with Gasteiger partial charge in [0.25, 0.3) is 5.91 Å². The Morgan fingerprint density at radius 1 is 1.39 bits per heavy atom. The van der Waals surface area contributed by atoms with Crippen molar-refractivity contribution in [3.8, 4) is 0 Å². The van der Waals surface area contributed by atoms with Gasteiger partial charge in [-0.15, -0.1) is 11.6 Å². The van der Waals surface area contributed by atoms with Crippen LogP contribution in [0.3, 0.4) is 0 Å². The number of ether oxygens (including phenoxy) is 1. The van der Waals surface area contributed by atoms with Crippen LogP contribution >= 0.6 is 11.6 Å². The molecular weight excluding hydrogens is 254 g/mol. The molecule has 5 heteroatoms. The summed E-state index contributed by atoms with van der Waals surface area (Å²) in [4.78, 5) is 23.5. The van der Waals surface area contributed by atoms with E-state index in [0.29, 0.717) is 11.4 Å². The van der Waals surface area contributed by atoms with E-state index in [1.807, 2.05) is 6.07 Å². The van der Waals surface area contributed by atoms with E-state index in [-0.39, 0.29) is 5.91 Å². The van der Waals surface area contributed by atoms with E-state index in [9.17, 15) is 9.59 Å². The fourth-order valence-electron chi connectivity index (χ4n) is 1.46. The zero-order valence-electron chi connectivity index (χ0n) is 10.6. The molecule has 0 atom stereocenters. The van der Waals surface area contributed by atoms with Gasteiger partial charge < -0.3 is 10.1 Å². The summed E-state index contributed by atoms with van der Waals surface area (Å²) in [6.45, 7) is 3.17. The number of carbonyl (C=O) groups is 2. The third kappa shape index (κ3) is 3.47. The molecule has 0 saturated heterocycles. The average Bonchev–Trinajstić information content (AvgIpc) is 2.37. The van der Waals surface area contributed by atoms with Gasteiger partial charge in [-0.25, -0.2) is 4.79 Å². The number of carbonyl (C=O) groups excluding carboxylic acids is 2. The van der Waals surface area contributed by atoms with E-state index >= 15 is 0 Å². The van der Waals surface area contributed by atoms with E-state index in [1.165, 1.54) is 7.11 Å². The molecule has 0 bridgehead atoms. The second kappa shape index (κ2) is 5.87. The van der Waals surface area contributed by atoms with Crippen LogP contribution < -0.4 is 5.32 Å². The first kappa shape index (κ1) is 14.5. The van der Waals surface area contributed by atoms with Crippen molar-refractivity contribution in [2.45, 2.75) is 25.3 Å². The van der Waals surface area contributed by atoms with Gasteiger partial charge in [0.15, 0.2) is 0 Å². The Kier molecular flexibility index (Phi) is 4.73. The van der Waals surface area contributed by atoms with Crippen LogP contribution in [0.4, 0.5) is 0 Å². The number of hydrogen-bond donors (Lipinski definition) is 1. The molecule has 1 amide bonds. The number of benzene rings is 1. The summed E-state index contributed by atoms with van der Waals surface area (Å²) in [7, 11) is 1.28. The summed E-state index contributed by atoms with van der Waals surface area (Å²) in [6, 6.07) is 6.93. The normalized spacial score (nSPS) is 10.9. The van der Waals surface area contributed by atoms with E-state index < -0.39 is 11.5 Å². The van der Waals surface area contributed by atoms with Crippen molar-refractivity contribution in [1.29, 1.82) is 0 Å². The summed E-state index contributed by atoms with van der Waals surface area (Å²) < 4.78 is 4.62. The molecule has 98 valence electrons. The van der Waals surface area contributed by atoms with Crippen molar-refractivity contribution in [2.24, 2.45) is 0 Å². The fourth-order valence-corrected chi connectivity index (χ4v) is 1.62. The summed E-state index contributed by atoms with van der Waals surface area (Å²) in [6.07, 6.45) is 0. The molecule has 0 unspecified atom stereocenters. The molecule has 0 saturated carbocycles. The Bertz CT molecular complexity index is 457. The number of rotatable bonds is 4. The van der Waals surface area contributed by atoms with Crippen molar-refractivity contribution in [3.63, 3.8) is 0 Å². The summed E-state index contributed by atoms with van der Waals surface area (Å²) in [5, 5.41) is 2.62. The Balaban J connectivity index is 2.85. The van der Waals surface area contributed by atoms with Gasteiger partial charge in [0.2, 0.25) is 0 Å². The number of halogens is 1. The molecule has 4 nitrogen and oxygen atoms in total. The number of nitrogens with one attached hydrogen (secondary N) is 1. The molecule has 0 heterocycles. The van der Waals surface area contributed by atoms with Crippen LogP contribution in [0.1, 0.15) is 29.8 Å². The molecular formula is C13H16ClNO3. The Hall–Kier alpha value is -1.55. The average molecular weight is 270 g/mol. The summed E-state index contributed by atoms with van der Waals surface area (Å²) in [5.74, 6) is -0.497. The van der Waals surface area contributed by atoms with Crippen LogP contribution in [-0.4, -0.2) is 24.5 Å². The minimum atomic E-state index is -1.07. The number of esters is 1. The van der Waals surface area contributed by atoms with Gasteiger partial charge in [0, 0.05) is 11.4 Å². The fraction of sp³-hybridized carbons (Fsp3) is 0.385. The van der Waals surface area contributed by atoms with Crippen LogP contribution in [0.5, 0.6) is 0 Å². The number of hydrogen-bond acceptors (Lipinski definition) is 3. The van der Waals surface area contributed by atoms with Crippen LogP contribution in [0, 0.1) is 0 Å². The lowest BCUT2D eigenvalue weighted by Gasteiger charge is -2.23. The third-order valence-corrected chi connectivity index (χ3v) is 2.77. The molecule has 18 heavy (non-hydrogen) atoms. The lowest BCUT2D eigenvalue weighted by Crippen LogP contribution is -2.50. The smallest absolute Gasteiger partial charge is 0.330 e. The van der Waals surface area contributed by atoms with Crippen LogP contribution in [0.15, 0.2) is 24.3 Å². The number of methoxy groups -OCH3 is 1. The Morgan fingerprint density at radius 2 is 2.06 bits per heavy atom. The first-order valence-corrected chi connectivity index (χ1v) is 6.00. The molecule has 0 aliphatic heterocycles. The quantitative estimate of drug-likeness (QED) is 0.673. The highest BCUT2D eigenvalue weighted by Gasteiger charge is 2.30. The molecule has 1 N–H and O–H groups in total. The van der Waals surface area contributed by atoms with Gasteiger partial charge >= 0.3 is 5.97 Å². The molecule has 0 radical (unpaired) electrons. The van der Waals surface area contributed by atoms with Gasteiger partial charge in [-0.05, 0) is 31.5 Å². The number of alkyl halides is 1. The van der Waals surface area contributed by atoms with E-state index in [2.05, 4.69) is 10.1 Å². The maximum absolute atomic E-state index is 12.0. The monoisotopic (exact) mass is 269 g/mol. The maximum Gasteiger partial charge on any atom is 0.330 e. The zero-order chi connectivity index (χ0) is 13.8. The van der Waals surface area contributed by atoms with Gasteiger partial charge in [0.05, 0.1) is 7.11 Å². The van der Waals surface area contributed by atoms with Gasteiger partial charge in [-0.1, -0.05) is 12.1 Å². The maximum atomic E-state index is 12.0. The zero-order valence-corrected chi connectivity index (χ0v) is 11.4. The number of amides is 1. The van der Waals surface area contributed by atoms with Crippen molar-refractivity contribution in [2.75, 3.05) is 7.11 Å². The standard InChI is InChI=1S/C13H16ClNO3/c1-13(2,12(17)18-3)15-11(16)10-6-4-5-9(7-10)8-14/h4-7H,8H2,1-3H3,(H,15,16). The molecule has 0 aromatic heterocycles. The summed E-state index contributed by atoms with van der Waals surface area (Å²) in [5.41, 5.74) is 0.244. The molecule has 0 aliphatic rings. The molecule has 1 aromatic rings. The third-order valence-electron chi connectivity index (χ3n) is 2.47. The van der Waals surface area contributed by atoms with E-state index in [0.717, 1.165) is 5.56 Å². The predicted octanol–water partition coefficient (Wildman–Crippen LogP) is 2.11. The van der Waals surface area contributed by atoms with Crippen LogP contribution in [0.2, 0.25) is 0 Å². The topological polar surface area (TPSA) is 55.4 Å². The van der Waals surface area contributed by atoms with Gasteiger partial charge in [-0.3, -0.25) is 4.79 Å². The van der Waals surface area contributed by atoms with Crippen molar-refractivity contribution < 1.29 is 14.3 Å². The van der Waals surface area contributed by atoms with Gasteiger partial charge in [-0.2, -0.15) is 0 Å². The second-order valence-corrected chi connectivity index (χ2v) is 4.67. The Labute approximate surface area is 111 Å². The van der Waals surface area contributed by atoms with E-state index in [1.54, 1.807) is 32.0 Å². The predicted molar refractivity (Wildman–Crippen MR) is 69.6 cm³/mol. The summed E-state index contributed by atoms with van der Waals surface area (Å²) >= 11 is 5.70. The lowest BCUT2D eigenvalue weighted by atomic mass is 10.0. The molecule has 0 aliphatic carbocycles. The molecule has 0 fully saturated rings. The van der Waals surface area contributed by atoms with Crippen molar-refractivity contribution in [1.82, 2.24) is 5.32 Å². The largest absolute Gasteiger partial charge is 0.467 e. The van der Waals surface area contributed by atoms with Crippen LogP contribution in [0.25, 0.3) is 0 Å². The SMILES string of the molecule is COC(=O)C(C)(C)NC(=O)c1cccc(CCl)c1. The highest BCUT2D eigenvalue weighted by molar-refractivity contribution is 6.17. The molecule has 0 spiro atoms.